The summed E-state index contributed by atoms with van der Waals surface area (Å²) >= 11 is 0. The minimum atomic E-state index is -4.19. The molecule has 2 rings (SSSR count). The molecule has 0 saturated carbocycles. The molecular weight excluding hydrogens is 373 g/mol. The summed E-state index contributed by atoms with van der Waals surface area (Å²) in [6, 6.07) is 0. The molecule has 2 saturated heterocycles. The fraction of sp³-hybridized carbons (Fsp3) is 0.889. The number of halogens is 3. The van der Waals surface area contributed by atoms with Gasteiger partial charge in [0.1, 0.15) is 0 Å². The van der Waals surface area contributed by atoms with Gasteiger partial charge in [-0.15, -0.1) is 0 Å². The number of carbonyl (C=O) groups is 1. The Labute approximate surface area is 165 Å². The van der Waals surface area contributed by atoms with Gasteiger partial charge in [-0.25, -0.2) is 0 Å². The van der Waals surface area contributed by atoms with Gasteiger partial charge in [-0.1, -0.05) is 0 Å². The van der Waals surface area contributed by atoms with Crippen molar-refractivity contribution in [1.29, 1.82) is 0 Å². The predicted molar refractivity (Wildman–Crippen MR) is 103 cm³/mol. The van der Waals surface area contributed by atoms with Crippen LogP contribution in [-0.2, 0) is 4.79 Å². The normalized spacial score (nSPS) is 19.6. The van der Waals surface area contributed by atoms with Gasteiger partial charge >= 0.3 is 6.18 Å². The van der Waals surface area contributed by atoms with Gasteiger partial charge in [-0.2, -0.15) is 13.2 Å². The van der Waals surface area contributed by atoms with Crippen LogP contribution in [0.4, 0.5) is 13.2 Å². The number of alkyl halides is 3. The molecule has 2 heterocycles. The van der Waals surface area contributed by atoms with Crippen LogP contribution in [-0.4, -0.2) is 117 Å². The first-order chi connectivity index (χ1) is 13.3. The summed E-state index contributed by atoms with van der Waals surface area (Å²) in [4.78, 5) is 24.2. The summed E-state index contributed by atoms with van der Waals surface area (Å²) in [5.41, 5.74) is 0. The molecule has 0 aromatic carbocycles. The van der Waals surface area contributed by atoms with E-state index in [9.17, 15) is 18.0 Å². The van der Waals surface area contributed by atoms with E-state index in [4.69, 9.17) is 0 Å². The number of likely N-dealkylation sites (N-methyl/N-ethyl adjacent to an activating group) is 1. The molecule has 0 unspecified atom stereocenters. The molecule has 0 aromatic rings. The lowest BCUT2D eigenvalue weighted by atomic mass is 10.3. The third-order valence-corrected chi connectivity index (χ3v) is 5.02. The maximum absolute atomic E-state index is 12.4. The highest BCUT2D eigenvalue weighted by atomic mass is 19.4. The van der Waals surface area contributed by atoms with Crippen LogP contribution in [0.15, 0.2) is 4.99 Å². The van der Waals surface area contributed by atoms with Crippen molar-refractivity contribution in [3.8, 4) is 0 Å². The number of hydrogen-bond acceptors (Lipinski definition) is 4. The SMILES string of the molecule is CCNC(=NCCN(C)CC(F)(F)F)N1CCN(CC(=O)N2CCCC2)CC1. The molecule has 10 heteroatoms. The second-order valence-electron chi connectivity index (χ2n) is 7.44. The molecule has 2 fully saturated rings. The Bertz CT molecular complexity index is 514. The molecule has 1 N–H and O–H groups in total. The lowest BCUT2D eigenvalue weighted by Gasteiger charge is -2.36. The Hall–Kier alpha value is -1.55. The molecule has 162 valence electrons. The zero-order chi connectivity index (χ0) is 20.6. The first-order valence-corrected chi connectivity index (χ1v) is 10.1. The topological polar surface area (TPSA) is 54.4 Å². The average molecular weight is 406 g/mol. The van der Waals surface area contributed by atoms with Gasteiger partial charge in [0.2, 0.25) is 5.91 Å². The zero-order valence-corrected chi connectivity index (χ0v) is 17.0. The number of rotatable bonds is 7. The van der Waals surface area contributed by atoms with Gasteiger partial charge in [0, 0.05) is 52.4 Å². The molecule has 1 amide bonds. The second-order valence-corrected chi connectivity index (χ2v) is 7.44. The van der Waals surface area contributed by atoms with Crippen LogP contribution < -0.4 is 5.32 Å². The van der Waals surface area contributed by atoms with Crippen molar-refractivity contribution in [2.75, 3.05) is 79.0 Å². The minimum Gasteiger partial charge on any atom is -0.357 e. The first kappa shape index (κ1) is 22.7. The van der Waals surface area contributed by atoms with Crippen LogP contribution >= 0.6 is 0 Å². The fourth-order valence-electron chi connectivity index (χ4n) is 3.51. The molecule has 2 aliphatic rings. The number of likely N-dealkylation sites (tertiary alicyclic amines) is 1. The van der Waals surface area contributed by atoms with Gasteiger partial charge < -0.3 is 15.1 Å². The fourth-order valence-corrected chi connectivity index (χ4v) is 3.51. The lowest BCUT2D eigenvalue weighted by molar-refractivity contribution is -0.142. The van der Waals surface area contributed by atoms with Crippen molar-refractivity contribution in [1.82, 2.24) is 24.9 Å². The number of guanidine groups is 1. The highest BCUT2D eigenvalue weighted by molar-refractivity contribution is 5.80. The van der Waals surface area contributed by atoms with E-state index in [0.29, 0.717) is 19.6 Å². The quantitative estimate of drug-likeness (QED) is 0.498. The van der Waals surface area contributed by atoms with Crippen LogP contribution in [0.2, 0.25) is 0 Å². The van der Waals surface area contributed by atoms with Crippen LogP contribution in [0.5, 0.6) is 0 Å². The Balaban J connectivity index is 1.77. The highest BCUT2D eigenvalue weighted by Gasteiger charge is 2.29. The molecule has 0 aromatic heterocycles. The Morgan fingerprint density at radius 1 is 1.07 bits per heavy atom. The van der Waals surface area contributed by atoms with Crippen LogP contribution in [0.3, 0.4) is 0 Å². The van der Waals surface area contributed by atoms with Gasteiger partial charge in [-0.05, 0) is 26.8 Å². The number of carbonyl (C=O) groups excluding carboxylic acids is 1. The Morgan fingerprint density at radius 3 is 2.29 bits per heavy atom. The third kappa shape index (κ3) is 7.83. The summed E-state index contributed by atoms with van der Waals surface area (Å²) < 4.78 is 37.2. The van der Waals surface area contributed by atoms with Crippen molar-refractivity contribution in [3.05, 3.63) is 0 Å². The lowest BCUT2D eigenvalue weighted by Crippen LogP contribution is -2.54. The van der Waals surface area contributed by atoms with Crippen LogP contribution in [0.25, 0.3) is 0 Å². The number of piperazine rings is 1. The molecule has 2 aliphatic heterocycles. The summed E-state index contributed by atoms with van der Waals surface area (Å²) in [5, 5.41) is 3.22. The van der Waals surface area contributed by atoms with E-state index in [1.54, 1.807) is 0 Å². The molecule has 0 radical (unpaired) electrons. The van der Waals surface area contributed by atoms with E-state index < -0.39 is 12.7 Å². The van der Waals surface area contributed by atoms with Crippen molar-refractivity contribution >= 4 is 11.9 Å². The van der Waals surface area contributed by atoms with Crippen LogP contribution in [0, 0.1) is 0 Å². The molecule has 28 heavy (non-hydrogen) atoms. The number of hydrogen-bond donors (Lipinski definition) is 1. The van der Waals surface area contributed by atoms with Crippen molar-refractivity contribution in [2.45, 2.75) is 25.9 Å². The first-order valence-electron chi connectivity index (χ1n) is 10.1. The van der Waals surface area contributed by atoms with E-state index >= 15 is 0 Å². The predicted octanol–water partition coefficient (Wildman–Crippen LogP) is 0.686. The van der Waals surface area contributed by atoms with Crippen molar-refractivity contribution in [3.63, 3.8) is 0 Å². The van der Waals surface area contributed by atoms with E-state index in [1.807, 2.05) is 11.8 Å². The van der Waals surface area contributed by atoms with Gasteiger partial charge in [0.15, 0.2) is 5.96 Å². The van der Waals surface area contributed by atoms with E-state index in [0.717, 1.165) is 58.1 Å². The highest BCUT2D eigenvalue weighted by Crippen LogP contribution is 2.15. The van der Waals surface area contributed by atoms with Gasteiger partial charge in [0.05, 0.1) is 19.6 Å². The second kappa shape index (κ2) is 10.8. The summed E-state index contributed by atoms with van der Waals surface area (Å²) in [7, 11) is 1.45. The standard InChI is InChI=1S/C18H33F3N6O/c1-3-22-17(23-6-9-24(2)15-18(19,20)21)27-12-10-25(11-13-27)14-16(28)26-7-4-5-8-26/h3-15H2,1-2H3,(H,22,23). The number of nitrogens with zero attached hydrogens (tertiary/aromatic N) is 5. The Kier molecular flexibility index (Phi) is 8.81. The van der Waals surface area contributed by atoms with Gasteiger partial charge in [-0.3, -0.25) is 19.6 Å². The third-order valence-electron chi connectivity index (χ3n) is 5.02. The smallest absolute Gasteiger partial charge is 0.357 e. The summed E-state index contributed by atoms with van der Waals surface area (Å²) in [6.07, 6.45) is -1.99. The molecule has 7 nitrogen and oxygen atoms in total. The van der Waals surface area contributed by atoms with Crippen molar-refractivity contribution < 1.29 is 18.0 Å². The number of aliphatic imine (C=N–C) groups is 1. The van der Waals surface area contributed by atoms with Gasteiger partial charge in [0.25, 0.3) is 0 Å². The Morgan fingerprint density at radius 2 is 1.71 bits per heavy atom. The zero-order valence-electron chi connectivity index (χ0n) is 17.0. The number of nitrogens with one attached hydrogen (secondary N) is 1. The maximum atomic E-state index is 12.4. The summed E-state index contributed by atoms with van der Waals surface area (Å²) in [5.74, 6) is 0.938. The maximum Gasteiger partial charge on any atom is 0.401 e. The minimum absolute atomic E-state index is 0.208. The van der Waals surface area contributed by atoms with Crippen LogP contribution in [0.1, 0.15) is 19.8 Å². The average Bonchev–Trinajstić information content (AvgIpc) is 3.15. The van der Waals surface area contributed by atoms with Crippen molar-refractivity contribution in [2.24, 2.45) is 4.99 Å². The molecule has 0 spiro atoms. The van der Waals surface area contributed by atoms with E-state index in [2.05, 4.69) is 20.1 Å². The van der Waals surface area contributed by atoms with E-state index in [1.165, 1.54) is 11.9 Å². The molecule has 0 aliphatic carbocycles. The molecule has 0 atom stereocenters. The monoisotopic (exact) mass is 406 g/mol. The molecule has 0 bridgehead atoms. The van der Waals surface area contributed by atoms with E-state index in [-0.39, 0.29) is 12.5 Å². The number of amides is 1. The molecular formula is C18H33F3N6O. The summed E-state index contributed by atoms with van der Waals surface area (Å²) in [6.45, 7) is 7.55. The largest absolute Gasteiger partial charge is 0.401 e.